The lowest BCUT2D eigenvalue weighted by molar-refractivity contribution is 0.690. The minimum atomic E-state index is -0.675. The molecule has 8 rings (SSSR count). The fraction of sp³-hybridized carbons (Fsp3) is 0.0476. The molecule has 6 aromatic rings. The Morgan fingerprint density at radius 3 is 1.20 bits per heavy atom. The van der Waals surface area contributed by atoms with Crippen LogP contribution in [-0.4, -0.2) is 0 Å². The van der Waals surface area contributed by atoms with Crippen LogP contribution in [0, 0.1) is 11.8 Å². The number of allylic oxidation sites excluding steroid dienone is 8. The average molecular weight is 599 g/mol. The number of rotatable bonds is 7. The van der Waals surface area contributed by atoms with Gasteiger partial charge < -0.3 is 0 Å². The molecule has 2 aliphatic rings. The van der Waals surface area contributed by atoms with Crippen molar-refractivity contribution in [3.63, 3.8) is 0 Å². The normalized spacial score (nSPS) is 18.8. The first-order valence-electron chi connectivity index (χ1n) is 15.3. The van der Waals surface area contributed by atoms with E-state index in [-0.39, 0.29) is 0 Å². The third kappa shape index (κ3) is 5.10. The summed E-state index contributed by atoms with van der Waals surface area (Å²) in [5.41, 5.74) is 0. The number of hydrogen-bond acceptors (Lipinski definition) is 0. The predicted octanol–water partition coefficient (Wildman–Crippen LogP) is 9.70. The van der Waals surface area contributed by atoms with Crippen LogP contribution in [0.15, 0.2) is 193 Å². The molecule has 0 saturated carbocycles. The van der Waals surface area contributed by atoms with E-state index in [0.717, 1.165) is 0 Å². The van der Waals surface area contributed by atoms with Gasteiger partial charge in [0, 0.05) is 11.8 Å². The average Bonchev–Trinajstić information content (AvgIpc) is 3.77. The Labute approximate surface area is 262 Å². The van der Waals surface area contributed by atoms with E-state index in [4.69, 9.17) is 0 Å². The van der Waals surface area contributed by atoms with Crippen molar-refractivity contribution < 1.29 is 0 Å². The molecule has 0 amide bonds. The van der Waals surface area contributed by atoms with Crippen LogP contribution in [0.5, 0.6) is 0 Å². The molecule has 6 aromatic carbocycles. The van der Waals surface area contributed by atoms with Crippen molar-refractivity contribution in [1.82, 2.24) is 0 Å². The summed E-state index contributed by atoms with van der Waals surface area (Å²) in [6, 6.07) is 53.4. The highest BCUT2D eigenvalue weighted by Crippen LogP contribution is 2.52. The molecule has 4 atom stereocenters. The second-order valence-corrected chi connectivity index (χ2v) is 15.8. The molecule has 210 valence electrons. The van der Waals surface area contributed by atoms with E-state index in [1.165, 1.54) is 53.4 Å². The van der Waals surface area contributed by atoms with Gasteiger partial charge in [-0.15, -0.1) is 0 Å². The molecule has 44 heavy (non-hydrogen) atoms. The van der Waals surface area contributed by atoms with Gasteiger partial charge in [0.05, 0.1) is 0 Å². The van der Waals surface area contributed by atoms with E-state index in [9.17, 15) is 0 Å². The van der Waals surface area contributed by atoms with Crippen LogP contribution in [0.25, 0.3) is 21.5 Å². The Bertz CT molecular complexity index is 1920. The van der Waals surface area contributed by atoms with E-state index in [0.29, 0.717) is 11.8 Å². The number of fused-ring (bicyclic) bond motifs is 2. The van der Waals surface area contributed by atoms with Crippen molar-refractivity contribution >= 4 is 58.6 Å². The first-order valence-corrected chi connectivity index (χ1v) is 18.0. The third-order valence-electron chi connectivity index (χ3n) is 8.71. The lowest BCUT2D eigenvalue weighted by Crippen LogP contribution is -2.14. The zero-order chi connectivity index (χ0) is 29.3. The van der Waals surface area contributed by atoms with Gasteiger partial charge in [0.25, 0.3) is 0 Å². The van der Waals surface area contributed by atoms with Gasteiger partial charge in [-0.3, -0.25) is 0 Å². The fourth-order valence-electron chi connectivity index (χ4n) is 6.63. The van der Waals surface area contributed by atoms with Gasteiger partial charge in [-0.2, -0.15) is 0 Å². The topological polar surface area (TPSA) is 0 Å². The Kier molecular flexibility index (Phi) is 7.41. The third-order valence-corrected chi connectivity index (χ3v) is 13.7. The highest BCUT2D eigenvalue weighted by atomic mass is 31.1. The van der Waals surface area contributed by atoms with Gasteiger partial charge in [0.1, 0.15) is 0 Å². The largest absolute Gasteiger partial charge is 0.0760 e. The Balaban J connectivity index is 1.17. The molecular formula is C42H32P2. The Morgan fingerprint density at radius 1 is 0.364 bits per heavy atom. The zero-order valence-electron chi connectivity index (χ0n) is 24.4. The van der Waals surface area contributed by atoms with Crippen molar-refractivity contribution in [3.8, 4) is 0 Å². The minimum Gasteiger partial charge on any atom is -0.0760 e. The maximum atomic E-state index is 2.55. The van der Waals surface area contributed by atoms with Crippen LogP contribution in [-0.2, 0) is 0 Å². The molecule has 0 bridgehead atoms. The fourth-order valence-corrected chi connectivity index (χ4v) is 11.7. The highest BCUT2D eigenvalue weighted by Gasteiger charge is 2.29. The van der Waals surface area contributed by atoms with Gasteiger partial charge in [-0.05, 0) is 69.2 Å². The maximum Gasteiger partial charge on any atom is 0.00575 e. The van der Waals surface area contributed by atoms with Crippen LogP contribution in [0.3, 0.4) is 0 Å². The summed E-state index contributed by atoms with van der Waals surface area (Å²) in [6.07, 6.45) is 14.8. The molecule has 2 heteroatoms. The summed E-state index contributed by atoms with van der Waals surface area (Å²) >= 11 is 0. The molecular weight excluding hydrogens is 566 g/mol. The van der Waals surface area contributed by atoms with E-state index < -0.39 is 15.8 Å². The zero-order valence-corrected chi connectivity index (χ0v) is 26.2. The van der Waals surface area contributed by atoms with Crippen LogP contribution >= 0.6 is 15.8 Å². The number of hydrogen-bond donors (Lipinski definition) is 0. The summed E-state index contributed by atoms with van der Waals surface area (Å²) in [5.74, 6) is 0.699. The Morgan fingerprint density at radius 2 is 0.750 bits per heavy atom. The van der Waals surface area contributed by atoms with Gasteiger partial charge in [0.2, 0.25) is 0 Å². The maximum absolute atomic E-state index is 2.55. The highest BCUT2D eigenvalue weighted by molar-refractivity contribution is 7.77. The summed E-state index contributed by atoms with van der Waals surface area (Å²) in [4.78, 5) is 0. The molecule has 0 heterocycles. The monoisotopic (exact) mass is 598 g/mol. The van der Waals surface area contributed by atoms with E-state index in [1.807, 2.05) is 0 Å². The van der Waals surface area contributed by atoms with E-state index in [2.05, 4.69) is 182 Å². The minimum absolute atomic E-state index is 0.350. The lowest BCUT2D eigenvalue weighted by atomic mass is 9.96. The second-order valence-electron chi connectivity index (χ2n) is 11.4. The van der Waals surface area contributed by atoms with Gasteiger partial charge in [-0.25, -0.2) is 0 Å². The Hall–Kier alpha value is -4.34. The molecule has 0 aliphatic heterocycles. The van der Waals surface area contributed by atoms with Crippen molar-refractivity contribution in [2.75, 3.05) is 0 Å². The molecule has 0 fully saturated rings. The van der Waals surface area contributed by atoms with Gasteiger partial charge >= 0.3 is 0 Å². The van der Waals surface area contributed by atoms with Crippen molar-refractivity contribution in [3.05, 3.63) is 193 Å². The quantitative estimate of drug-likeness (QED) is 0.161. The summed E-state index contributed by atoms with van der Waals surface area (Å²) in [7, 11) is -1.35. The van der Waals surface area contributed by atoms with Crippen molar-refractivity contribution in [2.45, 2.75) is 0 Å². The summed E-state index contributed by atoms with van der Waals surface area (Å²) in [5, 5.41) is 13.9. The van der Waals surface area contributed by atoms with Crippen molar-refractivity contribution in [2.24, 2.45) is 11.8 Å². The SMILES string of the molecule is C1=CC(C2C=CC(P(c3ccccc3)c3cccc4ccccc34)=C2)C=C1P(c1ccccc1)c1cccc2ccccc12. The molecule has 0 saturated heterocycles. The van der Waals surface area contributed by atoms with E-state index in [1.54, 1.807) is 0 Å². The van der Waals surface area contributed by atoms with Crippen LogP contribution in [0.2, 0.25) is 0 Å². The molecule has 0 radical (unpaired) electrons. The summed E-state index contributed by atoms with van der Waals surface area (Å²) < 4.78 is 0. The summed E-state index contributed by atoms with van der Waals surface area (Å²) in [6.45, 7) is 0. The van der Waals surface area contributed by atoms with Crippen LogP contribution in [0.4, 0.5) is 0 Å². The molecule has 0 N–H and O–H groups in total. The first kappa shape index (κ1) is 27.2. The molecule has 0 spiro atoms. The second kappa shape index (κ2) is 12.0. The first-order chi connectivity index (χ1) is 21.8. The standard InChI is InChI=1S/C42H32P2/c1-3-17-35(18-4-1)43(41-23-11-15-31-13-7-9-21-39(31)41)37-27-25-33(29-37)34-26-28-38(30-34)44(36-19-5-2-6-20-36)42-24-12-16-32-14-8-10-22-40(32)42/h1-30,33-34H. The van der Waals surface area contributed by atoms with Crippen LogP contribution in [0.1, 0.15) is 0 Å². The van der Waals surface area contributed by atoms with Crippen molar-refractivity contribution in [1.29, 1.82) is 0 Å². The smallest absolute Gasteiger partial charge is 0.00575 e. The predicted molar refractivity (Wildman–Crippen MR) is 195 cm³/mol. The van der Waals surface area contributed by atoms with Crippen LogP contribution < -0.4 is 21.2 Å². The molecule has 4 unspecified atom stereocenters. The lowest BCUT2D eigenvalue weighted by Gasteiger charge is -2.22. The van der Waals surface area contributed by atoms with Gasteiger partial charge in [-0.1, -0.05) is 182 Å². The molecule has 0 nitrogen and oxygen atoms in total. The van der Waals surface area contributed by atoms with Gasteiger partial charge in [0.15, 0.2) is 0 Å². The molecule has 2 aliphatic carbocycles. The molecule has 0 aromatic heterocycles. The number of benzene rings is 6. The van der Waals surface area contributed by atoms with E-state index >= 15 is 0 Å².